The summed E-state index contributed by atoms with van der Waals surface area (Å²) in [6.45, 7) is 7.22. The van der Waals surface area contributed by atoms with Crippen LogP contribution in [0.25, 0.3) is 0 Å². The van der Waals surface area contributed by atoms with Crippen molar-refractivity contribution in [1.29, 1.82) is 0 Å². The number of hydrogen-bond acceptors (Lipinski definition) is 2. The molecule has 0 unspecified atom stereocenters. The number of nitrogens with zero attached hydrogens (tertiary/aromatic N) is 3. The zero-order valence-corrected chi connectivity index (χ0v) is 8.22. The van der Waals surface area contributed by atoms with E-state index in [-0.39, 0.29) is 0 Å². The van der Waals surface area contributed by atoms with E-state index in [0.29, 0.717) is 0 Å². The van der Waals surface area contributed by atoms with E-state index >= 15 is 0 Å². The van der Waals surface area contributed by atoms with Gasteiger partial charge in [-0.05, 0) is 18.2 Å². The molecule has 0 N–H and O–H groups in total. The minimum atomic E-state index is 0.721. The first kappa shape index (κ1) is 10.2. The molecule has 1 rings (SSSR count). The van der Waals surface area contributed by atoms with Gasteiger partial charge in [-0.1, -0.05) is 19.2 Å². The van der Waals surface area contributed by atoms with Gasteiger partial charge in [-0.3, -0.25) is 0 Å². The highest BCUT2D eigenvalue weighted by Gasteiger charge is 2.04. The summed E-state index contributed by atoms with van der Waals surface area (Å²) in [6.07, 6.45) is 4.88. The topological polar surface area (TPSA) is 28.5 Å². The van der Waals surface area contributed by atoms with Crippen molar-refractivity contribution in [1.82, 2.24) is 4.98 Å². The van der Waals surface area contributed by atoms with Crippen molar-refractivity contribution in [2.24, 2.45) is 4.99 Å². The molecule has 1 aromatic heterocycles. The van der Waals surface area contributed by atoms with Crippen molar-refractivity contribution in [3.63, 3.8) is 0 Å². The molecule has 0 amide bonds. The van der Waals surface area contributed by atoms with Gasteiger partial charge in [-0.2, -0.15) is 0 Å². The van der Waals surface area contributed by atoms with Crippen LogP contribution in [0.15, 0.2) is 54.8 Å². The Morgan fingerprint density at radius 1 is 1.50 bits per heavy atom. The second-order valence-electron chi connectivity index (χ2n) is 2.62. The summed E-state index contributed by atoms with van der Waals surface area (Å²) in [7, 11) is 1.88. The van der Waals surface area contributed by atoms with E-state index < -0.39 is 0 Å². The van der Waals surface area contributed by atoms with E-state index in [1.807, 2.05) is 30.1 Å². The quantitative estimate of drug-likeness (QED) is 0.536. The molecule has 0 fully saturated rings. The Morgan fingerprint density at radius 2 is 2.29 bits per heavy atom. The number of hydrogen-bond donors (Lipinski definition) is 0. The lowest BCUT2D eigenvalue weighted by molar-refractivity contribution is 1.16. The molecule has 0 spiro atoms. The lowest BCUT2D eigenvalue weighted by Crippen LogP contribution is -2.24. The molecule has 0 aliphatic heterocycles. The fourth-order valence-corrected chi connectivity index (χ4v) is 1.04. The van der Waals surface area contributed by atoms with Crippen molar-refractivity contribution in [2.75, 3.05) is 11.9 Å². The monoisotopic (exact) mass is 187 g/mol. The van der Waals surface area contributed by atoms with E-state index in [2.05, 4.69) is 23.1 Å². The Balaban J connectivity index is 2.94. The fourth-order valence-electron chi connectivity index (χ4n) is 1.04. The number of aliphatic imine (C=N–C) groups is 1. The van der Waals surface area contributed by atoms with E-state index in [4.69, 9.17) is 0 Å². The molecule has 0 atom stereocenters. The molecule has 3 nitrogen and oxygen atoms in total. The van der Waals surface area contributed by atoms with Gasteiger partial charge < -0.3 is 4.90 Å². The molecule has 0 aliphatic rings. The second kappa shape index (κ2) is 4.97. The van der Waals surface area contributed by atoms with Crippen molar-refractivity contribution >= 4 is 11.7 Å². The maximum Gasteiger partial charge on any atom is 0.133 e. The molecule has 0 aromatic carbocycles. The molecule has 0 bridgehead atoms. The van der Waals surface area contributed by atoms with E-state index in [1.165, 1.54) is 6.20 Å². The third-order valence-electron chi connectivity index (χ3n) is 1.74. The summed E-state index contributed by atoms with van der Waals surface area (Å²) in [5, 5.41) is 0. The molecule has 0 saturated carbocycles. The number of amidine groups is 1. The van der Waals surface area contributed by atoms with Gasteiger partial charge in [0.15, 0.2) is 0 Å². The summed E-state index contributed by atoms with van der Waals surface area (Å²) in [5.41, 5.74) is 0. The van der Waals surface area contributed by atoms with Crippen LogP contribution in [0.1, 0.15) is 0 Å². The normalized spacial score (nSPS) is 10.8. The molecule has 14 heavy (non-hydrogen) atoms. The number of anilines is 1. The van der Waals surface area contributed by atoms with Crippen LogP contribution < -0.4 is 4.90 Å². The highest BCUT2D eigenvalue weighted by atomic mass is 15.2. The molecule has 1 heterocycles. The maximum atomic E-state index is 4.19. The van der Waals surface area contributed by atoms with E-state index in [9.17, 15) is 0 Å². The van der Waals surface area contributed by atoms with Gasteiger partial charge in [0, 0.05) is 19.4 Å². The van der Waals surface area contributed by atoms with Crippen molar-refractivity contribution < 1.29 is 0 Å². The molecule has 0 radical (unpaired) electrons. The van der Waals surface area contributed by atoms with Gasteiger partial charge >= 0.3 is 0 Å². The molecule has 72 valence electrons. The van der Waals surface area contributed by atoms with Crippen LogP contribution in [0.5, 0.6) is 0 Å². The Bertz CT molecular complexity index is 341. The van der Waals surface area contributed by atoms with Crippen LogP contribution in [-0.2, 0) is 0 Å². The van der Waals surface area contributed by atoms with Gasteiger partial charge in [0.05, 0.1) is 0 Å². The molecule has 1 aromatic rings. The summed E-state index contributed by atoms with van der Waals surface area (Å²) in [6, 6.07) is 5.70. The number of rotatable bonds is 3. The number of pyridine rings is 1. The third kappa shape index (κ3) is 2.29. The highest BCUT2D eigenvalue weighted by Crippen LogP contribution is 2.07. The van der Waals surface area contributed by atoms with Crippen LogP contribution in [-0.4, -0.2) is 17.9 Å². The van der Waals surface area contributed by atoms with E-state index in [0.717, 1.165) is 11.7 Å². The van der Waals surface area contributed by atoms with Crippen LogP contribution >= 0.6 is 0 Å². The van der Waals surface area contributed by atoms with Crippen LogP contribution in [0.3, 0.4) is 0 Å². The molecule has 0 saturated heterocycles. The Morgan fingerprint density at radius 3 is 2.79 bits per heavy atom. The van der Waals surface area contributed by atoms with Crippen LogP contribution in [0.2, 0.25) is 0 Å². The average molecular weight is 187 g/mol. The van der Waals surface area contributed by atoms with Crippen LogP contribution in [0.4, 0.5) is 5.82 Å². The van der Waals surface area contributed by atoms with Crippen molar-refractivity contribution in [2.45, 2.75) is 0 Å². The lowest BCUT2D eigenvalue weighted by Gasteiger charge is -2.16. The molecular weight excluding hydrogens is 174 g/mol. The maximum absolute atomic E-state index is 4.19. The first-order chi connectivity index (χ1) is 6.79. The van der Waals surface area contributed by atoms with Crippen molar-refractivity contribution in [3.8, 4) is 0 Å². The smallest absolute Gasteiger partial charge is 0.133 e. The summed E-state index contributed by atoms with van der Waals surface area (Å²) in [4.78, 5) is 10.1. The predicted molar refractivity (Wildman–Crippen MR) is 60.5 cm³/mol. The lowest BCUT2D eigenvalue weighted by atomic mass is 10.4. The molecule has 3 heteroatoms. The van der Waals surface area contributed by atoms with Gasteiger partial charge in [0.2, 0.25) is 0 Å². The predicted octanol–water partition coefficient (Wildman–Crippen LogP) is 2.25. The largest absolute Gasteiger partial charge is 0.314 e. The summed E-state index contributed by atoms with van der Waals surface area (Å²) < 4.78 is 0. The van der Waals surface area contributed by atoms with Crippen LogP contribution in [0, 0.1) is 0 Å². The van der Waals surface area contributed by atoms with E-state index in [1.54, 1.807) is 12.3 Å². The average Bonchev–Trinajstić information content (AvgIpc) is 2.26. The Labute approximate surface area is 84.1 Å². The van der Waals surface area contributed by atoms with Gasteiger partial charge in [-0.15, -0.1) is 0 Å². The standard InChI is InChI=1S/C11H13N3/c1-4-10(12-5-2)14(3)11-8-6-7-9-13-11/h4-9H,1-2H2,3H3. The minimum Gasteiger partial charge on any atom is -0.314 e. The van der Waals surface area contributed by atoms with Gasteiger partial charge in [0.1, 0.15) is 11.7 Å². The summed E-state index contributed by atoms with van der Waals surface area (Å²) >= 11 is 0. The molecule has 0 aliphatic carbocycles. The fraction of sp³-hybridized carbons (Fsp3) is 0.0909. The Kier molecular flexibility index (Phi) is 3.61. The first-order valence-electron chi connectivity index (χ1n) is 4.25. The highest BCUT2D eigenvalue weighted by molar-refractivity contribution is 6.04. The third-order valence-corrected chi connectivity index (χ3v) is 1.74. The zero-order valence-electron chi connectivity index (χ0n) is 8.22. The first-order valence-corrected chi connectivity index (χ1v) is 4.25. The van der Waals surface area contributed by atoms with Gasteiger partial charge in [0.25, 0.3) is 0 Å². The van der Waals surface area contributed by atoms with Crippen molar-refractivity contribution in [3.05, 3.63) is 49.8 Å². The second-order valence-corrected chi connectivity index (χ2v) is 2.62. The summed E-state index contributed by atoms with van der Waals surface area (Å²) in [5.74, 6) is 1.55. The van der Waals surface area contributed by atoms with Gasteiger partial charge in [-0.25, -0.2) is 9.98 Å². The zero-order chi connectivity index (χ0) is 10.4. The SMILES string of the molecule is C=CN=C(C=C)N(C)c1ccccn1. The Hall–Kier alpha value is -1.90. The molecular formula is C11H13N3. The number of aromatic nitrogens is 1. The minimum absolute atomic E-state index is 0.721. The number of likely N-dealkylation sites (N-methyl/N-ethyl adjacent to an activating group) is 1.